The third kappa shape index (κ3) is 3.42. The number of fused-ring (bicyclic) bond motifs is 1. The number of unbranched alkanes of at least 4 members (excludes halogenated alkanes) is 1. The molecule has 156 valence electrons. The van der Waals surface area contributed by atoms with Crippen molar-refractivity contribution in [2.45, 2.75) is 31.9 Å². The van der Waals surface area contributed by atoms with E-state index in [1.807, 2.05) is 6.92 Å². The van der Waals surface area contributed by atoms with Crippen LogP contribution in [0.15, 0.2) is 48.5 Å². The lowest BCUT2D eigenvalue weighted by Gasteiger charge is -2.28. The SMILES string of the molecule is CCCCN1C(=O)[C@@H]2[C@H](ON(c3ccc(Cl)cc3)[C@@H]2c2cccc([N+](=O)[O-])c2)C1=O. The molecule has 4 rings (SSSR count). The lowest BCUT2D eigenvalue weighted by molar-refractivity contribution is -0.384. The number of carbonyl (C=O) groups excluding carboxylic acids is 2. The van der Waals surface area contributed by atoms with E-state index in [2.05, 4.69) is 0 Å². The molecular weight excluding hydrogens is 410 g/mol. The maximum Gasteiger partial charge on any atom is 0.269 e. The quantitative estimate of drug-likeness (QED) is 0.393. The molecule has 8 nitrogen and oxygen atoms in total. The van der Waals surface area contributed by atoms with Crippen molar-refractivity contribution < 1.29 is 19.3 Å². The van der Waals surface area contributed by atoms with Gasteiger partial charge in [-0.05, 0) is 36.2 Å². The van der Waals surface area contributed by atoms with Crippen molar-refractivity contribution in [3.63, 3.8) is 0 Å². The van der Waals surface area contributed by atoms with Crippen LogP contribution in [0.1, 0.15) is 31.4 Å². The Morgan fingerprint density at radius 2 is 1.87 bits per heavy atom. The lowest BCUT2D eigenvalue weighted by Crippen LogP contribution is -2.37. The van der Waals surface area contributed by atoms with Crippen molar-refractivity contribution in [1.82, 2.24) is 4.90 Å². The molecule has 0 spiro atoms. The Morgan fingerprint density at radius 3 is 2.53 bits per heavy atom. The van der Waals surface area contributed by atoms with Crippen molar-refractivity contribution in [3.05, 3.63) is 69.2 Å². The van der Waals surface area contributed by atoms with Gasteiger partial charge < -0.3 is 0 Å². The summed E-state index contributed by atoms with van der Waals surface area (Å²) in [6.07, 6.45) is 0.590. The fourth-order valence-corrected chi connectivity index (χ4v) is 4.11. The fraction of sp³-hybridized carbons (Fsp3) is 0.333. The molecule has 0 radical (unpaired) electrons. The number of non-ortho nitro benzene ring substituents is 1. The molecule has 2 amide bonds. The van der Waals surface area contributed by atoms with Gasteiger partial charge in [0.1, 0.15) is 5.92 Å². The highest BCUT2D eigenvalue weighted by atomic mass is 35.5. The van der Waals surface area contributed by atoms with Gasteiger partial charge in [0.15, 0.2) is 6.10 Å². The molecular formula is C21H20ClN3O5. The molecule has 0 N–H and O–H groups in total. The number of carbonyl (C=O) groups is 2. The largest absolute Gasteiger partial charge is 0.280 e. The second-order valence-electron chi connectivity index (χ2n) is 7.33. The number of hydrogen-bond donors (Lipinski definition) is 0. The van der Waals surface area contributed by atoms with Gasteiger partial charge in [0.05, 0.1) is 16.7 Å². The van der Waals surface area contributed by atoms with Crippen LogP contribution < -0.4 is 5.06 Å². The number of hydroxylamine groups is 1. The van der Waals surface area contributed by atoms with Crippen LogP contribution in [0.5, 0.6) is 0 Å². The Bertz CT molecular complexity index is 996. The summed E-state index contributed by atoms with van der Waals surface area (Å²) in [6.45, 7) is 2.32. The summed E-state index contributed by atoms with van der Waals surface area (Å²) >= 11 is 5.99. The maximum atomic E-state index is 13.2. The number of rotatable bonds is 6. The second-order valence-corrected chi connectivity index (χ2v) is 7.77. The lowest BCUT2D eigenvalue weighted by atomic mass is 9.90. The van der Waals surface area contributed by atoms with Gasteiger partial charge in [-0.3, -0.25) is 29.4 Å². The first kappa shape index (κ1) is 20.3. The first-order chi connectivity index (χ1) is 14.4. The van der Waals surface area contributed by atoms with Crippen molar-refractivity contribution in [1.29, 1.82) is 0 Å². The predicted molar refractivity (Wildman–Crippen MR) is 110 cm³/mol. The van der Waals surface area contributed by atoms with Crippen molar-refractivity contribution in [2.24, 2.45) is 5.92 Å². The monoisotopic (exact) mass is 429 g/mol. The minimum absolute atomic E-state index is 0.0911. The van der Waals surface area contributed by atoms with Gasteiger partial charge in [0.25, 0.3) is 11.6 Å². The number of nitro groups is 1. The van der Waals surface area contributed by atoms with E-state index in [0.29, 0.717) is 29.2 Å². The molecule has 0 bridgehead atoms. The van der Waals surface area contributed by atoms with Crippen LogP contribution in [-0.4, -0.2) is 34.3 Å². The summed E-state index contributed by atoms with van der Waals surface area (Å²) in [5.41, 5.74) is 1.04. The third-order valence-corrected chi connectivity index (χ3v) is 5.70. The van der Waals surface area contributed by atoms with Crippen molar-refractivity contribution in [3.8, 4) is 0 Å². The molecule has 0 aliphatic carbocycles. The number of anilines is 1. The van der Waals surface area contributed by atoms with E-state index in [9.17, 15) is 19.7 Å². The number of nitrogens with zero attached hydrogens (tertiary/aromatic N) is 3. The molecule has 2 heterocycles. The zero-order valence-electron chi connectivity index (χ0n) is 16.2. The van der Waals surface area contributed by atoms with Crippen molar-refractivity contribution in [2.75, 3.05) is 11.6 Å². The van der Waals surface area contributed by atoms with E-state index in [1.54, 1.807) is 36.4 Å². The zero-order chi connectivity index (χ0) is 21.4. The summed E-state index contributed by atoms with van der Waals surface area (Å²) in [6, 6.07) is 12.2. The van der Waals surface area contributed by atoms with Gasteiger partial charge in [-0.1, -0.05) is 37.1 Å². The zero-order valence-corrected chi connectivity index (χ0v) is 17.0. The molecule has 2 aliphatic heterocycles. The normalized spacial score (nSPS) is 23.2. The van der Waals surface area contributed by atoms with E-state index in [0.717, 1.165) is 6.42 Å². The van der Waals surface area contributed by atoms with E-state index >= 15 is 0 Å². The molecule has 0 aromatic heterocycles. The van der Waals surface area contributed by atoms with Crippen LogP contribution in [0, 0.1) is 16.0 Å². The predicted octanol–water partition coefficient (Wildman–Crippen LogP) is 3.89. The van der Waals surface area contributed by atoms with Gasteiger partial charge in [-0.25, -0.2) is 5.06 Å². The van der Waals surface area contributed by atoms with Gasteiger partial charge >= 0.3 is 0 Å². The van der Waals surface area contributed by atoms with E-state index < -0.39 is 23.0 Å². The average molecular weight is 430 g/mol. The molecule has 0 unspecified atom stereocenters. The number of imide groups is 1. The van der Waals surface area contributed by atoms with Crippen LogP contribution in [0.25, 0.3) is 0 Å². The first-order valence-corrected chi connectivity index (χ1v) is 10.1. The van der Waals surface area contributed by atoms with E-state index in [4.69, 9.17) is 16.4 Å². The minimum atomic E-state index is -0.964. The average Bonchev–Trinajstić information content (AvgIpc) is 3.24. The molecule has 3 atom stereocenters. The molecule has 0 saturated carbocycles. The maximum absolute atomic E-state index is 13.2. The fourth-order valence-electron chi connectivity index (χ4n) is 3.98. The highest BCUT2D eigenvalue weighted by Crippen LogP contribution is 2.47. The number of hydrogen-bond acceptors (Lipinski definition) is 6. The van der Waals surface area contributed by atoms with Crippen LogP contribution in [-0.2, 0) is 14.4 Å². The summed E-state index contributed by atoms with van der Waals surface area (Å²) < 4.78 is 0. The smallest absolute Gasteiger partial charge is 0.269 e. The standard InChI is InChI=1S/C21H20ClN3O5/c1-2-3-11-23-20(26)17-18(13-5-4-6-16(12-13)25(28)29)24(30-19(17)21(23)27)15-9-7-14(22)8-10-15/h4-10,12,17-19H,2-3,11H2,1H3/t17-,18+,19-/m0/s1. The van der Waals surface area contributed by atoms with E-state index in [1.165, 1.54) is 22.1 Å². The molecule has 2 aliphatic rings. The Hall–Kier alpha value is -2.97. The van der Waals surface area contributed by atoms with Gasteiger partial charge in [0.2, 0.25) is 5.91 Å². The van der Waals surface area contributed by atoms with Crippen LogP contribution in [0.2, 0.25) is 5.02 Å². The Balaban J connectivity index is 1.77. The Kier molecular flexibility index (Phi) is 5.44. The summed E-state index contributed by atoms with van der Waals surface area (Å²) in [4.78, 5) is 44.1. The highest BCUT2D eigenvalue weighted by Gasteiger charge is 2.59. The molecule has 2 aromatic carbocycles. The molecule has 2 aromatic rings. The first-order valence-electron chi connectivity index (χ1n) is 9.73. The molecule has 2 fully saturated rings. The Morgan fingerprint density at radius 1 is 1.13 bits per heavy atom. The third-order valence-electron chi connectivity index (χ3n) is 5.45. The van der Waals surface area contributed by atoms with E-state index in [-0.39, 0.29) is 17.5 Å². The number of benzene rings is 2. The number of nitro benzene ring substituents is 1. The number of halogens is 1. The molecule has 9 heteroatoms. The minimum Gasteiger partial charge on any atom is -0.280 e. The number of amides is 2. The van der Waals surface area contributed by atoms with Gasteiger partial charge in [-0.15, -0.1) is 0 Å². The topological polar surface area (TPSA) is 93.0 Å². The second kappa shape index (κ2) is 8.04. The van der Waals surface area contributed by atoms with Crippen LogP contribution in [0.4, 0.5) is 11.4 Å². The van der Waals surface area contributed by atoms with Crippen molar-refractivity contribution >= 4 is 34.8 Å². The molecule has 30 heavy (non-hydrogen) atoms. The summed E-state index contributed by atoms with van der Waals surface area (Å²) in [5, 5.41) is 13.3. The van der Waals surface area contributed by atoms with Gasteiger partial charge in [0, 0.05) is 23.7 Å². The highest BCUT2D eigenvalue weighted by molar-refractivity contribution is 6.30. The van der Waals surface area contributed by atoms with Crippen LogP contribution in [0.3, 0.4) is 0 Å². The van der Waals surface area contributed by atoms with Crippen LogP contribution >= 0.6 is 11.6 Å². The summed E-state index contributed by atoms with van der Waals surface area (Å²) in [5.74, 6) is -1.47. The van der Waals surface area contributed by atoms with Gasteiger partial charge in [-0.2, -0.15) is 0 Å². The summed E-state index contributed by atoms with van der Waals surface area (Å²) in [7, 11) is 0. The molecule has 2 saturated heterocycles. The Labute approximate surface area is 178 Å². The number of likely N-dealkylation sites (tertiary alicyclic amines) is 1.